The van der Waals surface area contributed by atoms with Gasteiger partial charge in [-0.15, -0.1) is 0 Å². The lowest BCUT2D eigenvalue weighted by Crippen LogP contribution is -2.50. The summed E-state index contributed by atoms with van der Waals surface area (Å²) < 4.78 is 31.8. The average molecular weight is 382 g/mol. The Kier molecular flexibility index (Phi) is 4.83. The quantitative estimate of drug-likeness (QED) is 0.699. The third-order valence-corrected chi connectivity index (χ3v) is 5.99. The van der Waals surface area contributed by atoms with Gasteiger partial charge in [-0.3, -0.25) is 9.59 Å². The minimum absolute atomic E-state index is 0.00252. The standard InChI is InChI=1S/C15H18N4O6S/c1-2-25-15(22)18-5-7-19(8-6-18)26(23,24)10-3-4-11-12(9-10)17-14(21)13(20)16-11/h3-4,9H,2,5-8H2,1H3,(H,16,20)(H,17,21). The molecule has 1 aliphatic heterocycles. The molecule has 0 spiro atoms. The van der Waals surface area contributed by atoms with Gasteiger partial charge in [0.2, 0.25) is 10.0 Å². The summed E-state index contributed by atoms with van der Waals surface area (Å²) >= 11 is 0. The molecule has 0 aliphatic carbocycles. The molecule has 1 aromatic carbocycles. The van der Waals surface area contributed by atoms with Crippen LogP contribution in [-0.4, -0.2) is 66.5 Å². The number of hydrogen-bond donors (Lipinski definition) is 2. The minimum atomic E-state index is -3.80. The van der Waals surface area contributed by atoms with E-state index in [9.17, 15) is 22.8 Å². The molecular formula is C15H18N4O6S. The number of aromatic amines is 2. The van der Waals surface area contributed by atoms with Crippen LogP contribution in [-0.2, 0) is 14.8 Å². The topological polar surface area (TPSA) is 133 Å². The fourth-order valence-corrected chi connectivity index (χ4v) is 4.18. The Labute approximate surface area is 148 Å². The van der Waals surface area contributed by atoms with Crippen molar-refractivity contribution in [3.05, 3.63) is 38.9 Å². The summed E-state index contributed by atoms with van der Waals surface area (Å²) in [6, 6.07) is 4.10. The van der Waals surface area contributed by atoms with Gasteiger partial charge in [0, 0.05) is 26.2 Å². The number of aromatic nitrogens is 2. The average Bonchev–Trinajstić information content (AvgIpc) is 2.62. The normalized spacial score (nSPS) is 16.0. The summed E-state index contributed by atoms with van der Waals surface area (Å²) in [6.45, 7) is 2.71. The third-order valence-electron chi connectivity index (χ3n) is 4.10. The first kappa shape index (κ1) is 18.1. The number of carbonyl (C=O) groups excluding carboxylic acids is 1. The zero-order valence-electron chi connectivity index (χ0n) is 14.0. The number of sulfonamides is 1. The van der Waals surface area contributed by atoms with Crippen molar-refractivity contribution in [2.45, 2.75) is 11.8 Å². The van der Waals surface area contributed by atoms with Crippen molar-refractivity contribution in [2.24, 2.45) is 0 Å². The maximum absolute atomic E-state index is 12.8. The highest BCUT2D eigenvalue weighted by molar-refractivity contribution is 7.89. The Morgan fingerprint density at radius 3 is 2.31 bits per heavy atom. The van der Waals surface area contributed by atoms with Crippen LogP contribution in [0.3, 0.4) is 0 Å². The summed E-state index contributed by atoms with van der Waals surface area (Å²) in [4.78, 5) is 40.7. The van der Waals surface area contributed by atoms with Crippen LogP contribution in [0.25, 0.3) is 11.0 Å². The lowest BCUT2D eigenvalue weighted by molar-refractivity contribution is 0.0934. The van der Waals surface area contributed by atoms with Crippen molar-refractivity contribution < 1.29 is 17.9 Å². The molecule has 2 N–H and O–H groups in total. The summed E-state index contributed by atoms with van der Waals surface area (Å²) in [6.07, 6.45) is -0.461. The second-order valence-electron chi connectivity index (χ2n) is 5.71. The van der Waals surface area contributed by atoms with Crippen molar-refractivity contribution in [1.29, 1.82) is 0 Å². The molecule has 1 aromatic heterocycles. The van der Waals surface area contributed by atoms with Crippen LogP contribution in [0, 0.1) is 0 Å². The number of rotatable bonds is 3. The Bertz CT molecular complexity index is 1050. The Morgan fingerprint density at radius 2 is 1.69 bits per heavy atom. The summed E-state index contributed by atoms with van der Waals surface area (Å²) in [5, 5.41) is 0. The van der Waals surface area contributed by atoms with Gasteiger partial charge in [-0.2, -0.15) is 4.31 Å². The van der Waals surface area contributed by atoms with Gasteiger partial charge in [-0.05, 0) is 25.1 Å². The van der Waals surface area contributed by atoms with Gasteiger partial charge in [0.15, 0.2) is 0 Å². The molecule has 1 saturated heterocycles. The molecule has 2 heterocycles. The number of piperazine rings is 1. The van der Waals surface area contributed by atoms with Crippen LogP contribution in [0.2, 0.25) is 0 Å². The minimum Gasteiger partial charge on any atom is -0.450 e. The summed E-state index contributed by atoms with van der Waals surface area (Å²) in [7, 11) is -3.80. The van der Waals surface area contributed by atoms with Crippen molar-refractivity contribution in [3.8, 4) is 0 Å². The molecule has 2 aromatic rings. The van der Waals surface area contributed by atoms with Crippen molar-refractivity contribution in [2.75, 3.05) is 32.8 Å². The lowest BCUT2D eigenvalue weighted by atomic mass is 10.3. The molecule has 10 nitrogen and oxygen atoms in total. The van der Waals surface area contributed by atoms with Gasteiger partial charge < -0.3 is 19.6 Å². The third kappa shape index (κ3) is 3.35. The molecule has 1 amide bonds. The van der Waals surface area contributed by atoms with Gasteiger partial charge in [0.1, 0.15) is 0 Å². The molecule has 0 unspecified atom stereocenters. The summed E-state index contributed by atoms with van der Waals surface area (Å²) in [5.74, 6) is 0. The van der Waals surface area contributed by atoms with E-state index >= 15 is 0 Å². The van der Waals surface area contributed by atoms with E-state index in [-0.39, 0.29) is 43.2 Å². The van der Waals surface area contributed by atoms with E-state index in [2.05, 4.69) is 9.97 Å². The SMILES string of the molecule is CCOC(=O)N1CCN(S(=O)(=O)c2ccc3[nH]c(=O)c(=O)[nH]c3c2)CC1. The molecule has 0 saturated carbocycles. The number of benzene rings is 1. The first-order chi connectivity index (χ1) is 12.3. The maximum Gasteiger partial charge on any atom is 0.409 e. The highest BCUT2D eigenvalue weighted by Gasteiger charge is 2.30. The molecule has 0 radical (unpaired) electrons. The van der Waals surface area contributed by atoms with Gasteiger partial charge in [-0.1, -0.05) is 0 Å². The van der Waals surface area contributed by atoms with E-state index in [1.165, 1.54) is 27.4 Å². The largest absolute Gasteiger partial charge is 0.450 e. The number of hydrogen-bond acceptors (Lipinski definition) is 6. The number of ether oxygens (including phenoxy) is 1. The summed E-state index contributed by atoms with van der Waals surface area (Å²) in [5.41, 5.74) is -1.10. The van der Waals surface area contributed by atoms with Crippen LogP contribution in [0.5, 0.6) is 0 Å². The van der Waals surface area contributed by atoms with E-state index in [1.54, 1.807) is 6.92 Å². The molecule has 3 rings (SSSR count). The van der Waals surface area contributed by atoms with Gasteiger partial charge >= 0.3 is 17.2 Å². The first-order valence-electron chi connectivity index (χ1n) is 8.01. The fourth-order valence-electron chi connectivity index (χ4n) is 2.73. The van der Waals surface area contributed by atoms with E-state index in [4.69, 9.17) is 4.74 Å². The second-order valence-corrected chi connectivity index (χ2v) is 7.64. The van der Waals surface area contributed by atoms with Crippen LogP contribution in [0.15, 0.2) is 32.7 Å². The predicted molar refractivity (Wildman–Crippen MR) is 92.5 cm³/mol. The Balaban J connectivity index is 1.84. The zero-order valence-corrected chi connectivity index (χ0v) is 14.8. The van der Waals surface area contributed by atoms with Crippen LogP contribution in [0.1, 0.15) is 6.92 Å². The molecule has 1 fully saturated rings. The molecule has 26 heavy (non-hydrogen) atoms. The smallest absolute Gasteiger partial charge is 0.409 e. The second kappa shape index (κ2) is 6.92. The molecular weight excluding hydrogens is 364 g/mol. The maximum atomic E-state index is 12.8. The number of fused-ring (bicyclic) bond motifs is 1. The lowest BCUT2D eigenvalue weighted by Gasteiger charge is -2.33. The molecule has 0 atom stereocenters. The van der Waals surface area contributed by atoms with Gasteiger partial charge in [0.25, 0.3) is 0 Å². The zero-order chi connectivity index (χ0) is 18.9. The number of amides is 1. The molecule has 140 valence electrons. The van der Waals surface area contributed by atoms with Crippen molar-refractivity contribution >= 4 is 27.1 Å². The number of H-pyrrole nitrogens is 2. The van der Waals surface area contributed by atoms with E-state index < -0.39 is 27.2 Å². The van der Waals surface area contributed by atoms with Crippen LogP contribution >= 0.6 is 0 Å². The van der Waals surface area contributed by atoms with Crippen LogP contribution in [0.4, 0.5) is 4.79 Å². The number of nitrogens with one attached hydrogen (secondary N) is 2. The Morgan fingerprint density at radius 1 is 1.08 bits per heavy atom. The molecule has 0 bridgehead atoms. The highest BCUT2D eigenvalue weighted by Crippen LogP contribution is 2.20. The molecule has 1 aliphatic rings. The van der Waals surface area contributed by atoms with Gasteiger partial charge in [0.05, 0.1) is 22.5 Å². The fraction of sp³-hybridized carbons (Fsp3) is 0.400. The predicted octanol–water partition coefficient (Wildman–Crippen LogP) is -0.321. The Hall–Kier alpha value is -2.66. The first-order valence-corrected chi connectivity index (χ1v) is 9.45. The highest BCUT2D eigenvalue weighted by atomic mass is 32.2. The van der Waals surface area contributed by atoms with E-state index in [0.717, 1.165) is 0 Å². The van der Waals surface area contributed by atoms with Crippen LogP contribution < -0.4 is 11.1 Å². The van der Waals surface area contributed by atoms with Crippen molar-refractivity contribution in [1.82, 2.24) is 19.2 Å². The van der Waals surface area contributed by atoms with Crippen molar-refractivity contribution in [3.63, 3.8) is 0 Å². The van der Waals surface area contributed by atoms with E-state index in [1.807, 2.05) is 0 Å². The number of nitrogens with zero attached hydrogens (tertiary/aromatic N) is 2. The molecule has 11 heteroatoms. The monoisotopic (exact) mass is 382 g/mol. The number of carbonyl (C=O) groups is 1. The van der Waals surface area contributed by atoms with Gasteiger partial charge in [-0.25, -0.2) is 13.2 Å². The van der Waals surface area contributed by atoms with E-state index in [0.29, 0.717) is 5.52 Å².